The fourth-order valence-corrected chi connectivity index (χ4v) is 4.77. The van der Waals surface area contributed by atoms with Gasteiger partial charge in [-0.3, -0.25) is 4.90 Å². The van der Waals surface area contributed by atoms with Crippen molar-refractivity contribution in [3.05, 3.63) is 51.9 Å². The number of hydrogen-bond acceptors (Lipinski definition) is 4. The van der Waals surface area contributed by atoms with E-state index < -0.39 is 13.9 Å². The zero-order valence-electron chi connectivity index (χ0n) is 20.8. The van der Waals surface area contributed by atoms with Gasteiger partial charge in [0.25, 0.3) is 0 Å². The molecular weight excluding hydrogens is 420 g/mol. The predicted octanol–water partition coefficient (Wildman–Crippen LogP) is 7.08. The van der Waals surface area contributed by atoms with Crippen molar-refractivity contribution in [3.8, 4) is 0 Å². The van der Waals surface area contributed by atoms with Crippen LogP contribution < -0.4 is 0 Å². The van der Waals surface area contributed by atoms with E-state index in [2.05, 4.69) is 43.9 Å². The average molecular weight is 459 g/mol. The van der Waals surface area contributed by atoms with Crippen molar-refractivity contribution in [2.45, 2.75) is 83.8 Å². The van der Waals surface area contributed by atoms with E-state index in [1.54, 1.807) is 0 Å². The van der Waals surface area contributed by atoms with Gasteiger partial charge in [0.2, 0.25) is 0 Å². The van der Waals surface area contributed by atoms with E-state index in [9.17, 15) is 4.79 Å². The first-order chi connectivity index (χ1) is 14.7. The largest absolute Gasteiger partial charge is 0.444 e. The third-order valence-electron chi connectivity index (χ3n) is 6.04. The maximum atomic E-state index is 13.0. The number of likely N-dealkylation sites (tertiary alicyclic amines) is 1. The van der Waals surface area contributed by atoms with Gasteiger partial charge in [0, 0.05) is 18.0 Å². The standard InChI is InChI=1S/C24H38N4O3Si/c1-23(2,3)30-22(29)28-17-20(31-32(7,8)24(4,5)6)16-21(28)19-13-11-18(12-14-19)10-9-15-26-27-25/h9-14,20-21H,15-17H2,1-8H3/t20-,21-/m1/s1. The molecule has 176 valence electrons. The maximum absolute atomic E-state index is 13.0. The number of amides is 1. The van der Waals surface area contributed by atoms with Crippen LogP contribution in [0, 0.1) is 0 Å². The summed E-state index contributed by atoms with van der Waals surface area (Å²) in [4.78, 5) is 17.6. The summed E-state index contributed by atoms with van der Waals surface area (Å²) in [5.41, 5.74) is 9.89. The van der Waals surface area contributed by atoms with Gasteiger partial charge in [0.15, 0.2) is 8.32 Å². The predicted molar refractivity (Wildman–Crippen MR) is 132 cm³/mol. The molecule has 1 fully saturated rings. The second-order valence-corrected chi connectivity index (χ2v) is 15.6. The van der Waals surface area contributed by atoms with Crippen molar-refractivity contribution in [1.82, 2.24) is 4.90 Å². The minimum absolute atomic E-state index is 0.0168. The lowest BCUT2D eigenvalue weighted by Crippen LogP contribution is -2.45. The zero-order chi connectivity index (χ0) is 24.2. The number of nitrogens with zero attached hydrogens (tertiary/aromatic N) is 4. The van der Waals surface area contributed by atoms with Crippen LogP contribution in [0.15, 0.2) is 35.5 Å². The Morgan fingerprint density at radius 3 is 2.38 bits per heavy atom. The Labute approximate surface area is 193 Å². The highest BCUT2D eigenvalue weighted by Gasteiger charge is 2.44. The van der Waals surface area contributed by atoms with Crippen molar-refractivity contribution in [2.24, 2.45) is 5.11 Å². The molecule has 1 saturated heterocycles. The Morgan fingerprint density at radius 1 is 1.22 bits per heavy atom. The minimum atomic E-state index is -1.96. The van der Waals surface area contributed by atoms with E-state index in [1.165, 1.54) is 0 Å². The Hall–Kier alpha value is -2.28. The van der Waals surface area contributed by atoms with Gasteiger partial charge in [-0.1, -0.05) is 62.3 Å². The highest BCUT2D eigenvalue weighted by Crippen LogP contribution is 2.41. The van der Waals surface area contributed by atoms with E-state index in [-0.39, 0.29) is 23.3 Å². The number of carbonyl (C=O) groups is 1. The molecule has 1 aliphatic heterocycles. The summed E-state index contributed by atoms with van der Waals surface area (Å²) >= 11 is 0. The molecule has 1 aliphatic rings. The van der Waals surface area contributed by atoms with Gasteiger partial charge in [-0.15, -0.1) is 0 Å². The van der Waals surface area contributed by atoms with Gasteiger partial charge in [0.05, 0.1) is 12.1 Å². The molecule has 0 radical (unpaired) electrons. The molecule has 0 aromatic heterocycles. The van der Waals surface area contributed by atoms with Crippen molar-refractivity contribution < 1.29 is 14.0 Å². The van der Waals surface area contributed by atoms with Crippen LogP contribution in [0.4, 0.5) is 4.79 Å². The first kappa shape index (κ1) is 26.0. The van der Waals surface area contributed by atoms with E-state index in [0.29, 0.717) is 13.1 Å². The topological polar surface area (TPSA) is 87.5 Å². The minimum Gasteiger partial charge on any atom is -0.444 e. The van der Waals surface area contributed by atoms with Crippen molar-refractivity contribution in [2.75, 3.05) is 13.1 Å². The van der Waals surface area contributed by atoms with Gasteiger partial charge < -0.3 is 9.16 Å². The zero-order valence-corrected chi connectivity index (χ0v) is 21.8. The van der Waals surface area contributed by atoms with E-state index in [1.807, 2.05) is 62.1 Å². The lowest BCUT2D eigenvalue weighted by molar-refractivity contribution is 0.0208. The first-order valence-electron chi connectivity index (χ1n) is 11.2. The summed E-state index contributed by atoms with van der Waals surface area (Å²) < 4.78 is 12.4. The van der Waals surface area contributed by atoms with Crippen LogP contribution >= 0.6 is 0 Å². The number of benzene rings is 1. The SMILES string of the molecule is CC(C)(C)OC(=O)N1C[C@H](O[Si](C)(C)C(C)(C)C)C[C@@H]1c1ccc(C=CCN=[N+]=[N-])cc1. The highest BCUT2D eigenvalue weighted by atomic mass is 28.4. The molecule has 0 unspecified atom stereocenters. The van der Waals surface area contributed by atoms with Crippen LogP contribution in [-0.2, 0) is 9.16 Å². The highest BCUT2D eigenvalue weighted by molar-refractivity contribution is 6.74. The fourth-order valence-electron chi connectivity index (χ4n) is 3.42. The molecule has 0 bridgehead atoms. The van der Waals surface area contributed by atoms with Gasteiger partial charge in [-0.05, 0) is 62.0 Å². The molecular formula is C24H38N4O3Si. The third-order valence-corrected chi connectivity index (χ3v) is 10.6. The Morgan fingerprint density at radius 2 is 1.84 bits per heavy atom. The first-order valence-corrected chi connectivity index (χ1v) is 14.1. The molecule has 1 aromatic carbocycles. The van der Waals surface area contributed by atoms with Crippen LogP contribution in [-0.4, -0.2) is 44.1 Å². The lowest BCUT2D eigenvalue weighted by atomic mass is 10.0. The fraction of sp³-hybridized carbons (Fsp3) is 0.625. The molecule has 0 saturated carbocycles. The van der Waals surface area contributed by atoms with E-state index in [0.717, 1.165) is 17.5 Å². The lowest BCUT2D eigenvalue weighted by Gasteiger charge is -2.38. The van der Waals surface area contributed by atoms with Crippen molar-refractivity contribution in [3.63, 3.8) is 0 Å². The molecule has 2 atom stereocenters. The number of carbonyl (C=O) groups excluding carboxylic acids is 1. The van der Waals surface area contributed by atoms with Crippen LogP contribution in [0.3, 0.4) is 0 Å². The van der Waals surface area contributed by atoms with Crippen molar-refractivity contribution in [1.29, 1.82) is 0 Å². The van der Waals surface area contributed by atoms with E-state index in [4.69, 9.17) is 14.7 Å². The van der Waals surface area contributed by atoms with Gasteiger partial charge in [0.1, 0.15) is 5.60 Å². The van der Waals surface area contributed by atoms with Gasteiger partial charge in [-0.25, -0.2) is 4.79 Å². The van der Waals surface area contributed by atoms with E-state index >= 15 is 0 Å². The van der Waals surface area contributed by atoms with Crippen molar-refractivity contribution >= 4 is 20.5 Å². The summed E-state index contributed by atoms with van der Waals surface area (Å²) in [6, 6.07) is 8.02. The molecule has 2 rings (SSSR count). The van der Waals surface area contributed by atoms with Gasteiger partial charge >= 0.3 is 6.09 Å². The Balaban J connectivity index is 2.24. The number of ether oxygens (including phenoxy) is 1. The molecule has 1 heterocycles. The summed E-state index contributed by atoms with van der Waals surface area (Å²) in [6.07, 6.45) is 4.17. The maximum Gasteiger partial charge on any atom is 0.410 e. The number of hydrogen-bond donors (Lipinski definition) is 0. The Kier molecular flexibility index (Phi) is 8.20. The van der Waals surface area contributed by atoms with Crippen LogP contribution in [0.1, 0.15) is 65.1 Å². The molecule has 8 heteroatoms. The molecule has 0 spiro atoms. The summed E-state index contributed by atoms with van der Waals surface area (Å²) in [7, 11) is -1.96. The molecule has 1 amide bonds. The van der Waals surface area contributed by atoms with Crippen LogP contribution in [0.5, 0.6) is 0 Å². The summed E-state index contributed by atoms with van der Waals surface area (Å²) in [5, 5.41) is 3.61. The van der Waals surface area contributed by atoms with Crippen LogP contribution in [0.25, 0.3) is 16.5 Å². The molecule has 0 aliphatic carbocycles. The monoisotopic (exact) mass is 458 g/mol. The molecule has 7 nitrogen and oxygen atoms in total. The Bertz CT molecular complexity index is 863. The number of azide groups is 1. The smallest absolute Gasteiger partial charge is 0.410 e. The molecule has 32 heavy (non-hydrogen) atoms. The third kappa shape index (κ3) is 7.12. The quantitative estimate of drug-likeness (QED) is 0.197. The average Bonchev–Trinajstić information content (AvgIpc) is 3.07. The summed E-state index contributed by atoms with van der Waals surface area (Å²) in [5.74, 6) is 0. The molecule has 0 N–H and O–H groups in total. The van der Waals surface area contributed by atoms with Gasteiger partial charge in [-0.2, -0.15) is 0 Å². The summed E-state index contributed by atoms with van der Waals surface area (Å²) in [6.45, 7) is 17.7. The van der Waals surface area contributed by atoms with Crippen LogP contribution in [0.2, 0.25) is 18.1 Å². The normalized spacial score (nSPS) is 19.8. The second-order valence-electron chi connectivity index (χ2n) is 10.9. The number of rotatable bonds is 6. The molecule has 1 aromatic rings. The second kappa shape index (κ2) is 10.1.